The minimum absolute atomic E-state index is 0.0568. The lowest BCUT2D eigenvalue weighted by Gasteiger charge is -2.29. The molecule has 2 aromatic heterocycles. The van der Waals surface area contributed by atoms with Crippen molar-refractivity contribution in [3.05, 3.63) is 42.2 Å². The third kappa shape index (κ3) is 6.25. The van der Waals surface area contributed by atoms with Gasteiger partial charge in [0.05, 0.1) is 25.6 Å². The molecule has 2 unspecified atom stereocenters. The number of nitrogens with zero attached hydrogens (tertiary/aromatic N) is 5. The molecule has 0 bridgehead atoms. The van der Waals surface area contributed by atoms with Crippen LogP contribution in [0.5, 0.6) is 5.88 Å². The first-order chi connectivity index (χ1) is 19.4. The number of fused-ring (bicyclic) bond motifs is 1. The second-order valence-corrected chi connectivity index (χ2v) is 11.4. The van der Waals surface area contributed by atoms with Crippen LogP contribution in [-0.2, 0) is 23.1 Å². The maximum atomic E-state index is 13.8. The first kappa shape index (κ1) is 30.5. The van der Waals surface area contributed by atoms with Crippen LogP contribution in [0.3, 0.4) is 0 Å². The fraction of sp³-hybridized carbons (Fsp3) is 0.480. The van der Waals surface area contributed by atoms with E-state index in [0.717, 1.165) is 0 Å². The molecular formula is C25H34N7O8P. The van der Waals surface area contributed by atoms with Crippen LogP contribution in [0.1, 0.15) is 45.6 Å². The van der Waals surface area contributed by atoms with E-state index in [1.807, 2.05) is 6.07 Å². The van der Waals surface area contributed by atoms with Crippen LogP contribution in [0.25, 0.3) is 11.2 Å². The van der Waals surface area contributed by atoms with Gasteiger partial charge in [0.2, 0.25) is 11.8 Å². The van der Waals surface area contributed by atoms with Gasteiger partial charge < -0.3 is 25.4 Å². The predicted octanol–water partition coefficient (Wildman–Crippen LogP) is 2.49. The molecule has 0 spiro atoms. The van der Waals surface area contributed by atoms with Gasteiger partial charge >= 0.3 is 13.7 Å². The van der Waals surface area contributed by atoms with Crippen molar-refractivity contribution in [2.24, 2.45) is 4.99 Å². The van der Waals surface area contributed by atoms with Gasteiger partial charge in [-0.1, -0.05) is 30.3 Å². The second kappa shape index (κ2) is 12.2. The molecule has 1 aliphatic rings. The molecule has 15 nitrogen and oxygen atoms in total. The Hall–Kier alpha value is -3.46. The quantitative estimate of drug-likeness (QED) is 0.167. The van der Waals surface area contributed by atoms with Crippen molar-refractivity contribution in [2.45, 2.75) is 63.8 Å². The number of aliphatic hydroxyl groups excluding tert-OH is 1. The van der Waals surface area contributed by atoms with Crippen LogP contribution in [0.15, 0.2) is 41.7 Å². The summed E-state index contributed by atoms with van der Waals surface area (Å²) in [5, 5.41) is 23.1. The smallest absolute Gasteiger partial charge is 0.406 e. The topological polar surface area (TPSA) is 206 Å². The molecule has 222 valence electrons. The number of benzene rings is 1. The molecule has 41 heavy (non-hydrogen) atoms. The van der Waals surface area contributed by atoms with E-state index in [2.05, 4.69) is 31.7 Å². The van der Waals surface area contributed by atoms with Gasteiger partial charge in [0.15, 0.2) is 17.4 Å². The summed E-state index contributed by atoms with van der Waals surface area (Å²) in [6, 6.07) is 7.67. The molecule has 16 heteroatoms. The Morgan fingerprint density at radius 3 is 2.68 bits per heavy atom. The van der Waals surface area contributed by atoms with Gasteiger partial charge in [-0.15, -0.1) is 0 Å². The second-order valence-electron chi connectivity index (χ2n) is 9.64. The number of aliphatic carboxylic acids is 1. The number of hydrogen-bond donors (Lipinski definition) is 4. The summed E-state index contributed by atoms with van der Waals surface area (Å²) >= 11 is 0. The molecule has 7 atom stereocenters. The van der Waals surface area contributed by atoms with E-state index in [4.69, 9.17) is 24.3 Å². The number of hydrogen-bond acceptors (Lipinski definition) is 12. The molecule has 0 radical (unpaired) electrons. The van der Waals surface area contributed by atoms with Crippen molar-refractivity contribution in [3.8, 4) is 5.88 Å². The Balaban J connectivity index is 1.60. The van der Waals surface area contributed by atoms with E-state index < -0.39 is 56.4 Å². The maximum Gasteiger partial charge on any atom is 0.406 e. The predicted molar refractivity (Wildman–Crippen MR) is 149 cm³/mol. The van der Waals surface area contributed by atoms with Gasteiger partial charge in [0.25, 0.3) is 0 Å². The van der Waals surface area contributed by atoms with Gasteiger partial charge in [0, 0.05) is 0 Å². The Labute approximate surface area is 236 Å². The van der Waals surface area contributed by atoms with Gasteiger partial charge in [-0.25, -0.2) is 14.6 Å². The van der Waals surface area contributed by atoms with Gasteiger partial charge in [0.1, 0.15) is 23.8 Å². The largest absolute Gasteiger partial charge is 0.480 e. The fourth-order valence-electron chi connectivity index (χ4n) is 4.42. The Morgan fingerprint density at radius 1 is 1.34 bits per heavy atom. The van der Waals surface area contributed by atoms with Gasteiger partial charge in [-0.3, -0.25) is 23.4 Å². The summed E-state index contributed by atoms with van der Waals surface area (Å²) in [6.07, 6.45) is -2.68. The zero-order valence-corrected chi connectivity index (χ0v) is 24.0. The lowest BCUT2D eigenvalue weighted by Crippen LogP contribution is -2.43. The van der Waals surface area contributed by atoms with Crippen LogP contribution in [-0.4, -0.2) is 79.4 Å². The summed E-state index contributed by atoms with van der Waals surface area (Å²) in [5.74, 6) is -1.13. The number of ether oxygens (including phenoxy) is 2. The zero-order chi connectivity index (χ0) is 29.9. The highest BCUT2D eigenvalue weighted by atomic mass is 31.2. The van der Waals surface area contributed by atoms with Crippen LogP contribution in [0.4, 0.5) is 5.95 Å². The normalized spacial score (nSPS) is 25.4. The number of imidazole rings is 1. The van der Waals surface area contributed by atoms with Crippen LogP contribution in [0.2, 0.25) is 0 Å². The highest BCUT2D eigenvalue weighted by Gasteiger charge is 2.55. The average Bonchev–Trinajstić information content (AvgIpc) is 3.46. The monoisotopic (exact) mass is 591 g/mol. The molecule has 4 rings (SSSR count). The lowest BCUT2D eigenvalue weighted by molar-refractivity contribution is -0.138. The lowest BCUT2D eigenvalue weighted by atomic mass is 9.93. The first-order valence-electron chi connectivity index (χ1n) is 12.8. The molecular weight excluding hydrogens is 557 g/mol. The number of carbonyl (C=O) groups is 1. The minimum atomic E-state index is -4.26. The highest BCUT2D eigenvalue weighted by Crippen LogP contribution is 2.50. The number of nitrogens with one attached hydrogen (secondary N) is 1. The molecule has 1 aromatic carbocycles. The van der Waals surface area contributed by atoms with E-state index in [1.54, 1.807) is 45.0 Å². The van der Waals surface area contributed by atoms with Crippen molar-refractivity contribution in [1.82, 2.24) is 24.6 Å². The molecule has 3 aromatic rings. The third-order valence-electron chi connectivity index (χ3n) is 6.73. The fourth-order valence-corrected chi connectivity index (χ4v) is 6.08. The number of nitrogens with two attached hydrogens (primary N) is 1. The van der Waals surface area contributed by atoms with Crippen LogP contribution >= 0.6 is 7.75 Å². The zero-order valence-electron chi connectivity index (χ0n) is 23.1. The van der Waals surface area contributed by atoms with E-state index in [9.17, 15) is 19.6 Å². The summed E-state index contributed by atoms with van der Waals surface area (Å²) < 4.78 is 38.4. The minimum Gasteiger partial charge on any atom is -0.480 e. The molecule has 0 amide bonds. The van der Waals surface area contributed by atoms with Crippen LogP contribution in [0, 0.1) is 0 Å². The molecule has 3 heterocycles. The molecule has 1 fully saturated rings. The van der Waals surface area contributed by atoms with Gasteiger partial charge in [-0.2, -0.15) is 9.97 Å². The maximum absolute atomic E-state index is 13.8. The summed E-state index contributed by atoms with van der Waals surface area (Å²) in [7, 11) is -4.26. The van der Waals surface area contributed by atoms with E-state index in [0.29, 0.717) is 17.7 Å². The summed E-state index contributed by atoms with van der Waals surface area (Å²) in [4.78, 5) is 28.4. The van der Waals surface area contributed by atoms with E-state index in [-0.39, 0.29) is 17.5 Å². The van der Waals surface area contributed by atoms with Gasteiger partial charge in [-0.05, 0) is 40.0 Å². The number of anilines is 1. The van der Waals surface area contributed by atoms with Crippen molar-refractivity contribution in [2.75, 3.05) is 18.9 Å². The number of carboxylic acid groups (broad SMARTS) is 1. The summed E-state index contributed by atoms with van der Waals surface area (Å²) in [6.45, 7) is 9.88. The van der Waals surface area contributed by atoms with Crippen molar-refractivity contribution >= 4 is 37.5 Å². The van der Waals surface area contributed by atoms with E-state index in [1.165, 1.54) is 17.8 Å². The Bertz CT molecular complexity index is 1440. The SMILES string of the molecule is C=N[C@]1(C)[C@H](O)[C@@H](COP(=O)(N[C@@H](C)C(=O)O)OC(C)c2ccccc2)O[C@H]1n1cnc2c(OCC)nc(N)nc21. The average molecular weight is 592 g/mol. The number of nitrogen functional groups attached to an aromatic ring is 1. The number of aliphatic hydroxyl groups is 1. The Kier molecular flexibility index (Phi) is 9.07. The molecule has 1 aliphatic heterocycles. The highest BCUT2D eigenvalue weighted by molar-refractivity contribution is 7.51. The first-order valence-corrected chi connectivity index (χ1v) is 14.4. The number of rotatable bonds is 13. The van der Waals surface area contributed by atoms with Crippen molar-refractivity contribution < 1.29 is 38.1 Å². The Morgan fingerprint density at radius 2 is 2.05 bits per heavy atom. The van der Waals surface area contributed by atoms with Crippen LogP contribution < -0.4 is 15.6 Å². The number of carboxylic acids is 1. The molecule has 1 saturated heterocycles. The van der Waals surface area contributed by atoms with Crippen molar-refractivity contribution in [1.29, 1.82) is 0 Å². The standard InChI is InChI=1S/C25H34N7O8P/c1-6-37-21-18-20(29-24(26)30-21)32(13-28-18)23-25(4,27-5)19(33)17(39-23)12-38-41(36,31-14(2)22(34)35)40-15(3)16-10-8-7-9-11-16/h7-11,13-15,17,19,23,33H,5-6,12H2,1-4H3,(H,31,36)(H,34,35)(H2,26,29,30)/t14-,15?,17+,19+,23+,25+,41?/m0/s1. The number of aromatic nitrogens is 4. The van der Waals surface area contributed by atoms with Crippen molar-refractivity contribution in [3.63, 3.8) is 0 Å². The molecule has 0 saturated carbocycles. The third-order valence-corrected chi connectivity index (χ3v) is 8.52. The molecule has 5 N–H and O–H groups in total. The molecule has 0 aliphatic carbocycles. The summed E-state index contributed by atoms with van der Waals surface area (Å²) in [5.41, 5.74) is 5.85. The number of aliphatic imine (C=N–C) groups is 1. The van der Waals surface area contributed by atoms with E-state index >= 15 is 0 Å².